The van der Waals surface area contributed by atoms with Crippen LogP contribution in [0.3, 0.4) is 0 Å². The number of rotatable bonds is 3. The molecule has 2 rings (SSSR count). The Balaban J connectivity index is 0.00000162. The quantitative estimate of drug-likeness (QED) is 0.759. The molecule has 0 unspecified atom stereocenters. The van der Waals surface area contributed by atoms with E-state index in [1.165, 1.54) is 31.7 Å². The molecule has 0 aromatic heterocycles. The van der Waals surface area contributed by atoms with Crippen molar-refractivity contribution in [2.24, 2.45) is 0 Å². The molecular formula is C14H24LiN2Si. The monoisotopic (exact) mass is 255 g/mol. The third kappa shape index (κ3) is 4.57. The van der Waals surface area contributed by atoms with Gasteiger partial charge in [-0.3, -0.25) is 4.90 Å². The van der Waals surface area contributed by atoms with Gasteiger partial charge in [0.1, 0.15) is 8.24 Å². The van der Waals surface area contributed by atoms with E-state index in [2.05, 4.69) is 59.4 Å². The van der Waals surface area contributed by atoms with Gasteiger partial charge in [0.05, 0.1) is 0 Å². The summed E-state index contributed by atoms with van der Waals surface area (Å²) in [5.74, 6) is 0. The van der Waals surface area contributed by atoms with Gasteiger partial charge >= 0.3 is 18.9 Å². The summed E-state index contributed by atoms with van der Waals surface area (Å²) in [6, 6.07) is 10.8. The zero-order valence-electron chi connectivity index (χ0n) is 11.0. The van der Waals surface area contributed by atoms with Gasteiger partial charge in [-0.05, 0) is 12.1 Å². The number of hydrogen-bond acceptors (Lipinski definition) is 2. The molecule has 4 heteroatoms. The first-order chi connectivity index (χ1) is 8.05. The van der Waals surface area contributed by atoms with Crippen LogP contribution in [0.5, 0.6) is 0 Å². The van der Waals surface area contributed by atoms with E-state index in [1.807, 2.05) is 0 Å². The molecule has 1 radical (unpaired) electrons. The van der Waals surface area contributed by atoms with Crippen molar-refractivity contribution in [3.63, 3.8) is 0 Å². The fourth-order valence-corrected chi connectivity index (χ4v) is 3.76. The normalized spacial score (nSPS) is 18.4. The molecule has 1 aromatic carbocycles. The van der Waals surface area contributed by atoms with E-state index in [-0.39, 0.29) is 18.9 Å². The van der Waals surface area contributed by atoms with Gasteiger partial charge in [-0.1, -0.05) is 43.4 Å². The molecule has 95 valence electrons. The minimum absolute atomic E-state index is 0. The Morgan fingerprint density at radius 2 is 1.61 bits per heavy atom. The molecule has 2 nitrogen and oxygen atoms in total. The van der Waals surface area contributed by atoms with E-state index in [9.17, 15) is 0 Å². The summed E-state index contributed by atoms with van der Waals surface area (Å²) < 4.78 is 2.61. The summed E-state index contributed by atoms with van der Waals surface area (Å²) in [5.41, 5.74) is 1.42. The molecule has 0 spiro atoms. The summed E-state index contributed by atoms with van der Waals surface area (Å²) in [4.78, 5) is 2.55. The predicted molar refractivity (Wildman–Crippen MR) is 83.3 cm³/mol. The maximum absolute atomic E-state index is 4.35. The van der Waals surface area contributed by atoms with Crippen LogP contribution in [0.1, 0.15) is 5.56 Å². The average molecular weight is 255 g/mol. The summed E-state index contributed by atoms with van der Waals surface area (Å²) in [5, 5.41) is 0. The van der Waals surface area contributed by atoms with Gasteiger partial charge in [0, 0.05) is 32.7 Å². The summed E-state index contributed by atoms with van der Waals surface area (Å²) in [7, 11) is -1.32. The fraction of sp³-hybridized carbons (Fsp3) is 0.500. The zero-order valence-corrected chi connectivity index (χ0v) is 12.0. The molecule has 0 amide bonds. The van der Waals surface area contributed by atoms with Crippen LogP contribution in [0, 0.1) is 6.55 Å². The van der Waals surface area contributed by atoms with Crippen molar-refractivity contribution in [2.45, 2.75) is 19.6 Å². The van der Waals surface area contributed by atoms with Gasteiger partial charge in [-0.15, -0.1) is 0 Å². The molecule has 1 fully saturated rings. The maximum atomic E-state index is 4.35. The molecule has 0 aliphatic carbocycles. The minimum atomic E-state index is -1.32. The van der Waals surface area contributed by atoms with Crippen LogP contribution in [0.15, 0.2) is 30.3 Å². The van der Waals surface area contributed by atoms with Crippen molar-refractivity contribution in [3.05, 3.63) is 42.4 Å². The van der Waals surface area contributed by atoms with Crippen LogP contribution >= 0.6 is 0 Å². The van der Waals surface area contributed by atoms with Crippen LogP contribution < -0.4 is 0 Å². The van der Waals surface area contributed by atoms with Crippen molar-refractivity contribution in [2.75, 3.05) is 26.2 Å². The summed E-state index contributed by atoms with van der Waals surface area (Å²) >= 11 is 0. The molecule has 1 saturated heterocycles. The second-order valence-corrected chi connectivity index (χ2v) is 9.82. The molecule has 0 saturated carbocycles. The molecule has 0 N–H and O–H groups in total. The Kier molecular flexibility index (Phi) is 6.16. The number of nitrogens with zero attached hydrogens (tertiary/aromatic N) is 2. The zero-order chi connectivity index (χ0) is 12.3. The van der Waals surface area contributed by atoms with Crippen molar-refractivity contribution in [1.82, 2.24) is 9.47 Å². The second kappa shape index (κ2) is 6.93. The third-order valence-electron chi connectivity index (χ3n) is 3.48. The second-order valence-electron chi connectivity index (χ2n) is 5.56. The van der Waals surface area contributed by atoms with Gasteiger partial charge in [0.25, 0.3) is 0 Å². The summed E-state index contributed by atoms with van der Waals surface area (Å²) in [6.45, 7) is 14.8. The molecule has 18 heavy (non-hydrogen) atoms. The average Bonchev–Trinajstić information content (AvgIpc) is 2.30. The van der Waals surface area contributed by atoms with Gasteiger partial charge in [-0.25, -0.2) is 0 Å². The van der Waals surface area contributed by atoms with Gasteiger partial charge in [-0.2, -0.15) is 0 Å². The van der Waals surface area contributed by atoms with Gasteiger partial charge < -0.3 is 4.57 Å². The molecule has 1 aliphatic heterocycles. The Morgan fingerprint density at radius 1 is 1.06 bits per heavy atom. The standard InChI is InChI=1S/C14H23N2Si.Li.H/c1-17(2,3)16-11-9-15(10-12-16)13-14-7-5-4-6-8-14;;/h4-8H,1,9-13H2,2-3H3;;. The van der Waals surface area contributed by atoms with E-state index < -0.39 is 8.24 Å². The van der Waals surface area contributed by atoms with Crippen LogP contribution in [0.4, 0.5) is 0 Å². The van der Waals surface area contributed by atoms with Gasteiger partial charge in [0.2, 0.25) is 0 Å². The first kappa shape index (κ1) is 16.0. The van der Waals surface area contributed by atoms with Crippen LogP contribution in [-0.4, -0.2) is 62.7 Å². The molecule has 0 bridgehead atoms. The van der Waals surface area contributed by atoms with E-state index in [0.717, 1.165) is 6.54 Å². The number of piperazine rings is 1. The molecule has 1 heterocycles. The summed E-state index contributed by atoms with van der Waals surface area (Å²) in [6.07, 6.45) is 0. The van der Waals surface area contributed by atoms with Crippen LogP contribution in [0.2, 0.25) is 13.1 Å². The number of benzene rings is 1. The van der Waals surface area contributed by atoms with Crippen molar-refractivity contribution in [1.29, 1.82) is 0 Å². The fourth-order valence-electron chi connectivity index (χ4n) is 2.35. The van der Waals surface area contributed by atoms with E-state index in [4.69, 9.17) is 0 Å². The first-order valence-electron chi connectivity index (χ1n) is 6.42. The Morgan fingerprint density at radius 3 is 2.11 bits per heavy atom. The molecule has 1 aromatic rings. The van der Waals surface area contributed by atoms with Crippen molar-refractivity contribution < 1.29 is 0 Å². The Hall–Kier alpha value is -0.0457. The topological polar surface area (TPSA) is 6.48 Å². The van der Waals surface area contributed by atoms with Gasteiger partial charge in [0.15, 0.2) is 0 Å². The molecule has 0 atom stereocenters. The molecular weight excluding hydrogens is 231 g/mol. The SMILES string of the molecule is [CH2][Si](C)(C)N1CCN(Cc2ccccc2)CC1.[LiH]. The molecule has 1 aliphatic rings. The Bertz CT molecular complexity index is 343. The predicted octanol–water partition coefficient (Wildman–Crippen LogP) is 1.73. The number of hydrogen-bond donors (Lipinski definition) is 0. The van der Waals surface area contributed by atoms with Crippen LogP contribution in [0.25, 0.3) is 0 Å². The van der Waals surface area contributed by atoms with Crippen LogP contribution in [-0.2, 0) is 6.54 Å². The van der Waals surface area contributed by atoms with E-state index >= 15 is 0 Å². The van der Waals surface area contributed by atoms with Crippen molar-refractivity contribution >= 4 is 27.1 Å². The third-order valence-corrected chi connectivity index (χ3v) is 5.64. The van der Waals surface area contributed by atoms with E-state index in [1.54, 1.807) is 0 Å². The van der Waals surface area contributed by atoms with E-state index in [0.29, 0.717) is 0 Å². The van der Waals surface area contributed by atoms with Crippen molar-refractivity contribution in [3.8, 4) is 0 Å². The first-order valence-corrected chi connectivity index (χ1v) is 9.58. The Labute approximate surface area is 125 Å².